The lowest BCUT2D eigenvalue weighted by Crippen LogP contribution is -2.41. The third kappa shape index (κ3) is 2.13. The molecule has 3 N–H and O–H groups in total. The van der Waals surface area contributed by atoms with E-state index in [1.807, 2.05) is 0 Å². The van der Waals surface area contributed by atoms with Crippen LogP contribution in [0.25, 0.3) is 0 Å². The molecule has 0 unspecified atom stereocenters. The number of hydrogen-bond donors (Lipinski definition) is 2. The highest BCUT2D eigenvalue weighted by Crippen LogP contribution is 2.43. The van der Waals surface area contributed by atoms with Crippen molar-refractivity contribution in [1.29, 1.82) is 0 Å². The van der Waals surface area contributed by atoms with Crippen molar-refractivity contribution in [3.63, 3.8) is 0 Å². The molecule has 112 valence electrons. The first kappa shape index (κ1) is 13.8. The third-order valence-electron chi connectivity index (χ3n) is 3.49. The lowest BCUT2D eigenvalue weighted by atomic mass is 9.91. The van der Waals surface area contributed by atoms with Crippen molar-refractivity contribution < 1.29 is 26.8 Å². The summed E-state index contributed by atoms with van der Waals surface area (Å²) in [5.74, 6) is -0.733. The molecule has 10 heteroatoms. The van der Waals surface area contributed by atoms with Crippen molar-refractivity contribution in [1.82, 2.24) is 9.96 Å². The van der Waals surface area contributed by atoms with Crippen LogP contribution in [0.15, 0.2) is 24.3 Å². The van der Waals surface area contributed by atoms with Crippen molar-refractivity contribution in [2.75, 3.05) is 6.54 Å². The van der Waals surface area contributed by atoms with E-state index in [4.69, 9.17) is 10.3 Å². The molecule has 0 saturated carbocycles. The normalized spacial score (nSPS) is 24.1. The van der Waals surface area contributed by atoms with Crippen LogP contribution in [0.4, 0.5) is 4.79 Å². The van der Waals surface area contributed by atoms with Crippen molar-refractivity contribution >= 4 is 22.3 Å². The number of fused-ring (bicyclic) bond motifs is 4. The molecular formula is C11H11N3O6S. The number of nitrogens with two attached hydrogens (primary N) is 1. The molecule has 0 aromatic heterocycles. The van der Waals surface area contributed by atoms with Crippen molar-refractivity contribution in [3.8, 4) is 0 Å². The number of benzene rings is 1. The van der Waals surface area contributed by atoms with Gasteiger partial charge in [0, 0.05) is 0 Å². The zero-order valence-electron chi connectivity index (χ0n) is 10.5. The molecular weight excluding hydrogens is 302 g/mol. The van der Waals surface area contributed by atoms with Gasteiger partial charge >= 0.3 is 16.4 Å². The van der Waals surface area contributed by atoms with Gasteiger partial charge in [0.25, 0.3) is 0 Å². The Labute approximate surface area is 119 Å². The molecule has 0 spiro atoms. The topological polar surface area (TPSA) is 130 Å². The van der Waals surface area contributed by atoms with Crippen LogP contribution in [0.5, 0.6) is 0 Å². The van der Waals surface area contributed by atoms with Gasteiger partial charge in [0.2, 0.25) is 5.91 Å². The molecule has 1 fully saturated rings. The van der Waals surface area contributed by atoms with Crippen LogP contribution in [0.3, 0.4) is 0 Å². The van der Waals surface area contributed by atoms with Crippen LogP contribution < -0.4 is 5.73 Å². The van der Waals surface area contributed by atoms with E-state index in [9.17, 15) is 18.0 Å². The van der Waals surface area contributed by atoms with Gasteiger partial charge in [-0.3, -0.25) is 9.35 Å². The van der Waals surface area contributed by atoms with Gasteiger partial charge in [0.15, 0.2) is 0 Å². The van der Waals surface area contributed by atoms with Crippen LogP contribution in [-0.2, 0) is 19.5 Å². The molecule has 2 heterocycles. The number of hydrogen-bond acceptors (Lipinski definition) is 5. The number of hydroxylamine groups is 2. The maximum Gasteiger partial charge on any atom is 0.418 e. The summed E-state index contributed by atoms with van der Waals surface area (Å²) in [6, 6.07) is 4.05. The first-order valence-corrected chi connectivity index (χ1v) is 7.31. The highest BCUT2D eigenvalue weighted by atomic mass is 32.3. The second-order valence-electron chi connectivity index (χ2n) is 4.71. The molecule has 1 aromatic rings. The number of primary amides is 1. The van der Waals surface area contributed by atoms with E-state index < -0.39 is 34.4 Å². The molecule has 1 saturated heterocycles. The molecule has 0 radical (unpaired) electrons. The first-order valence-electron chi connectivity index (χ1n) is 5.94. The molecule has 2 atom stereocenters. The van der Waals surface area contributed by atoms with E-state index in [1.165, 1.54) is 0 Å². The van der Waals surface area contributed by atoms with Gasteiger partial charge in [-0.05, 0) is 11.1 Å². The van der Waals surface area contributed by atoms with Gasteiger partial charge in [-0.2, -0.15) is 13.5 Å². The minimum absolute atomic E-state index is 0.0406. The highest BCUT2D eigenvalue weighted by molar-refractivity contribution is 7.80. The van der Waals surface area contributed by atoms with Gasteiger partial charge in [-0.1, -0.05) is 24.3 Å². The van der Waals surface area contributed by atoms with Gasteiger partial charge < -0.3 is 10.6 Å². The van der Waals surface area contributed by atoms with Crippen molar-refractivity contribution in [3.05, 3.63) is 35.4 Å². The minimum Gasteiger partial charge on any atom is -0.368 e. The molecule has 2 aliphatic rings. The predicted octanol–water partition coefficient (Wildman–Crippen LogP) is -0.260. The van der Waals surface area contributed by atoms with Crippen LogP contribution in [0, 0.1) is 0 Å². The maximum atomic E-state index is 12.2. The van der Waals surface area contributed by atoms with E-state index in [0.717, 1.165) is 4.90 Å². The Balaban J connectivity index is 2.11. The van der Waals surface area contributed by atoms with Crippen molar-refractivity contribution in [2.24, 2.45) is 5.73 Å². The summed E-state index contributed by atoms with van der Waals surface area (Å²) in [6.45, 7) is 0.0406. The number of urea groups is 1. The second kappa shape index (κ2) is 4.41. The largest absolute Gasteiger partial charge is 0.418 e. The smallest absolute Gasteiger partial charge is 0.368 e. The summed E-state index contributed by atoms with van der Waals surface area (Å²) >= 11 is 0. The highest BCUT2D eigenvalue weighted by Gasteiger charge is 2.51. The zero-order valence-corrected chi connectivity index (χ0v) is 11.4. The maximum absolute atomic E-state index is 12.2. The minimum atomic E-state index is -4.86. The van der Waals surface area contributed by atoms with E-state index in [2.05, 4.69) is 4.28 Å². The van der Waals surface area contributed by atoms with Crippen LogP contribution in [-0.4, -0.2) is 41.4 Å². The molecule has 0 aliphatic carbocycles. The molecule has 3 rings (SSSR count). The zero-order chi connectivity index (χ0) is 15.4. The Morgan fingerprint density at radius 3 is 2.52 bits per heavy atom. The number of amides is 3. The van der Waals surface area contributed by atoms with Gasteiger partial charge in [-0.15, -0.1) is 4.28 Å². The standard InChI is InChI=1S/C11H11N3O6S/c12-10(15)9-7-4-2-1-3-6(7)8-5-13(9)11(16)14(8)20-21(17,18)19/h1-4,8-9H,5H2,(H2,12,15)(H,17,18,19)/t8-,9-/m1/s1. The fraction of sp³-hybridized carbons (Fsp3) is 0.273. The number of rotatable bonds is 3. The second-order valence-corrected chi connectivity index (χ2v) is 5.72. The fourth-order valence-electron chi connectivity index (χ4n) is 2.76. The van der Waals surface area contributed by atoms with Gasteiger partial charge in [0.05, 0.1) is 6.54 Å². The monoisotopic (exact) mass is 313 g/mol. The molecule has 2 aliphatic heterocycles. The quantitative estimate of drug-likeness (QED) is 0.739. The number of carbonyl (C=O) groups excluding carboxylic acids is 2. The van der Waals surface area contributed by atoms with E-state index in [0.29, 0.717) is 16.2 Å². The molecule has 3 amide bonds. The van der Waals surface area contributed by atoms with Gasteiger partial charge in [0.1, 0.15) is 12.1 Å². The molecule has 9 nitrogen and oxygen atoms in total. The summed E-state index contributed by atoms with van der Waals surface area (Å²) in [5, 5.41) is 0.539. The number of nitrogens with zero attached hydrogens (tertiary/aromatic N) is 2. The van der Waals surface area contributed by atoms with Crippen LogP contribution in [0.2, 0.25) is 0 Å². The average Bonchev–Trinajstić information content (AvgIpc) is 2.64. The summed E-state index contributed by atoms with van der Waals surface area (Å²) in [6.07, 6.45) is 0. The lowest BCUT2D eigenvalue weighted by Gasteiger charge is -2.30. The predicted molar refractivity (Wildman–Crippen MR) is 67.7 cm³/mol. The van der Waals surface area contributed by atoms with E-state index in [1.54, 1.807) is 24.3 Å². The Morgan fingerprint density at radius 1 is 1.33 bits per heavy atom. The summed E-state index contributed by atoms with van der Waals surface area (Å²) in [7, 11) is -4.86. The average molecular weight is 313 g/mol. The summed E-state index contributed by atoms with van der Waals surface area (Å²) in [4.78, 5) is 24.9. The molecule has 21 heavy (non-hydrogen) atoms. The third-order valence-corrected chi connectivity index (χ3v) is 3.84. The van der Waals surface area contributed by atoms with Crippen LogP contribution >= 0.6 is 0 Å². The Hall–Kier alpha value is -2.17. The Bertz CT molecular complexity index is 733. The molecule has 2 bridgehead atoms. The Kier molecular flexibility index (Phi) is 2.90. The lowest BCUT2D eigenvalue weighted by molar-refractivity contribution is -0.122. The van der Waals surface area contributed by atoms with Crippen molar-refractivity contribution in [2.45, 2.75) is 12.1 Å². The first-order chi connectivity index (χ1) is 9.79. The fourth-order valence-corrected chi connectivity index (χ4v) is 3.13. The Morgan fingerprint density at radius 2 is 1.95 bits per heavy atom. The SMILES string of the molecule is NC(=O)[C@H]1c2ccccc2[C@H]2CN1C(=O)N2OS(=O)(=O)O. The molecule has 1 aromatic carbocycles. The van der Waals surface area contributed by atoms with E-state index >= 15 is 0 Å². The van der Waals surface area contributed by atoms with Crippen LogP contribution in [0.1, 0.15) is 23.2 Å². The van der Waals surface area contributed by atoms with Gasteiger partial charge in [-0.25, -0.2) is 4.79 Å². The van der Waals surface area contributed by atoms with E-state index in [-0.39, 0.29) is 6.54 Å². The summed E-state index contributed by atoms with van der Waals surface area (Å²) in [5.41, 5.74) is 6.40. The summed E-state index contributed by atoms with van der Waals surface area (Å²) < 4.78 is 34.9. The number of carbonyl (C=O) groups is 2.